The molecule has 0 atom stereocenters. The molecule has 0 unspecified atom stereocenters. The zero-order valence-electron chi connectivity index (χ0n) is 14.6. The molecule has 0 bridgehead atoms. The van der Waals surface area contributed by atoms with Crippen molar-refractivity contribution >= 4 is 17.6 Å². The predicted molar refractivity (Wildman–Crippen MR) is 85.4 cm³/mol. The Kier molecular flexibility index (Phi) is 3.60. The van der Waals surface area contributed by atoms with Crippen LogP contribution in [0.4, 0.5) is 0 Å². The molecule has 1 N–H and O–H groups in total. The van der Waals surface area contributed by atoms with E-state index < -0.39 is 12.3 Å². The van der Waals surface area contributed by atoms with E-state index >= 15 is 0 Å². The van der Waals surface area contributed by atoms with Gasteiger partial charge in [-0.05, 0) is 43.2 Å². The maximum absolute atomic E-state index is 11.0. The van der Waals surface area contributed by atoms with Crippen LogP contribution in [0.25, 0.3) is 5.82 Å². The number of aromatic carboxylic acids is 1. The Morgan fingerprint density at radius 2 is 2.30 bits per heavy atom. The van der Waals surface area contributed by atoms with Crippen LogP contribution in [-0.2, 0) is 0 Å². The van der Waals surface area contributed by atoms with E-state index in [1.807, 2.05) is 6.92 Å². The number of halogens is 1. The van der Waals surface area contributed by atoms with E-state index in [0.717, 1.165) is 12.8 Å². The minimum absolute atomic E-state index is 0.0788. The maximum atomic E-state index is 11.0. The van der Waals surface area contributed by atoms with Crippen molar-refractivity contribution in [3.05, 3.63) is 35.1 Å². The molecule has 1 aliphatic carbocycles. The van der Waals surface area contributed by atoms with Crippen LogP contribution in [-0.4, -0.2) is 32.4 Å². The fourth-order valence-electron chi connectivity index (χ4n) is 2.10. The molecular weight excluding hydrogens is 318 g/mol. The van der Waals surface area contributed by atoms with Gasteiger partial charge in [0.15, 0.2) is 5.82 Å². The summed E-state index contributed by atoms with van der Waals surface area (Å²) in [6.07, 6.45) is 2.48. The van der Waals surface area contributed by atoms with Gasteiger partial charge in [0.05, 0.1) is 12.2 Å². The fraction of sp³-hybridized carbons (Fsp3) is 0.438. The first kappa shape index (κ1) is 13.4. The molecule has 0 aliphatic heterocycles. The van der Waals surface area contributed by atoms with E-state index in [4.69, 9.17) is 24.2 Å². The molecule has 1 aliphatic rings. The van der Waals surface area contributed by atoms with Gasteiger partial charge < -0.3 is 9.84 Å². The number of aromatic nitrogens is 3. The summed E-state index contributed by atoms with van der Waals surface area (Å²) >= 11 is 5.86. The normalized spacial score (nSPS) is 17.3. The highest BCUT2D eigenvalue weighted by Crippen LogP contribution is 2.48. The Balaban J connectivity index is 1.63. The Morgan fingerprint density at radius 3 is 2.96 bits per heavy atom. The van der Waals surface area contributed by atoms with Crippen LogP contribution >= 0.6 is 11.6 Å². The number of carboxylic acid groups (broad SMARTS) is 1. The van der Waals surface area contributed by atoms with Crippen LogP contribution in [0.3, 0.4) is 0 Å². The van der Waals surface area contributed by atoms with Gasteiger partial charge in [0.25, 0.3) is 0 Å². The minimum Gasteiger partial charge on any atom is -0.478 e. The number of carboxylic acids is 1. The fourth-order valence-corrected chi connectivity index (χ4v) is 2.33. The molecule has 122 valence electrons. The van der Waals surface area contributed by atoms with Gasteiger partial charge in [0.2, 0.25) is 5.88 Å². The number of ether oxygens (including phenoxy) is 1. The Bertz CT molecular complexity index is 806. The summed E-state index contributed by atoms with van der Waals surface area (Å²) in [5.74, 6) is -0.435. The molecule has 0 amide bonds. The van der Waals surface area contributed by atoms with Gasteiger partial charge >= 0.3 is 5.97 Å². The molecule has 2 heterocycles. The molecule has 6 nitrogen and oxygen atoms in total. The molecule has 0 spiro atoms. The van der Waals surface area contributed by atoms with Crippen LogP contribution in [0.15, 0.2) is 24.4 Å². The number of pyridine rings is 1. The Hall–Kier alpha value is -2.08. The lowest BCUT2D eigenvalue weighted by Crippen LogP contribution is -2.05. The predicted octanol–water partition coefficient (Wildman–Crippen LogP) is 3.58. The molecule has 1 saturated carbocycles. The molecule has 0 radical (unpaired) electrons. The molecule has 23 heavy (non-hydrogen) atoms. The molecule has 3 rings (SSSR count). The van der Waals surface area contributed by atoms with Crippen molar-refractivity contribution < 1.29 is 17.4 Å². The van der Waals surface area contributed by atoms with E-state index in [1.54, 1.807) is 12.3 Å². The SMILES string of the molecule is [2H]C([2H])(CCOc1ccn(-c2ccc(C(=O)O)c(Cl)n2)n1)C1(C)CC1. The summed E-state index contributed by atoms with van der Waals surface area (Å²) < 4.78 is 23.2. The molecule has 0 aromatic carbocycles. The van der Waals surface area contributed by atoms with E-state index in [0.29, 0.717) is 18.1 Å². The second-order valence-corrected chi connectivity index (χ2v) is 6.11. The van der Waals surface area contributed by atoms with Crippen molar-refractivity contribution in [2.45, 2.75) is 32.6 Å². The summed E-state index contributed by atoms with van der Waals surface area (Å²) in [5.41, 5.74) is -0.313. The Morgan fingerprint density at radius 1 is 1.52 bits per heavy atom. The summed E-state index contributed by atoms with van der Waals surface area (Å²) in [5, 5.41) is 13.0. The average molecular weight is 338 g/mol. The van der Waals surface area contributed by atoms with E-state index in [2.05, 4.69) is 10.1 Å². The standard InChI is InChI=1S/C16H18ClN3O3/c1-16(7-8-16)6-2-10-23-13-5-9-20(19-13)12-4-3-11(15(21)22)14(17)18-12/h3-5,9H,2,6-8,10H2,1H3,(H,21,22)/i6D2. The maximum Gasteiger partial charge on any atom is 0.338 e. The smallest absolute Gasteiger partial charge is 0.338 e. The number of rotatable bonds is 7. The highest BCUT2D eigenvalue weighted by atomic mass is 35.5. The summed E-state index contributed by atoms with van der Waals surface area (Å²) in [6.45, 7) is 2.18. The zero-order valence-corrected chi connectivity index (χ0v) is 13.4. The van der Waals surface area contributed by atoms with Crippen molar-refractivity contribution in [1.29, 1.82) is 0 Å². The van der Waals surface area contributed by atoms with Gasteiger partial charge in [-0.3, -0.25) is 0 Å². The van der Waals surface area contributed by atoms with Crippen LogP contribution < -0.4 is 4.74 Å². The van der Waals surface area contributed by atoms with Gasteiger partial charge in [-0.1, -0.05) is 18.5 Å². The van der Waals surface area contributed by atoms with E-state index in [-0.39, 0.29) is 22.7 Å². The van der Waals surface area contributed by atoms with Crippen LogP contribution in [0.1, 0.15) is 45.7 Å². The van der Waals surface area contributed by atoms with Crippen molar-refractivity contribution in [1.82, 2.24) is 14.8 Å². The highest BCUT2D eigenvalue weighted by Gasteiger charge is 2.36. The second kappa shape index (κ2) is 6.20. The molecule has 2 aromatic heterocycles. The molecule has 0 saturated heterocycles. The van der Waals surface area contributed by atoms with Gasteiger partial charge in [-0.25, -0.2) is 14.5 Å². The lowest BCUT2D eigenvalue weighted by molar-refractivity contribution is 0.0696. The van der Waals surface area contributed by atoms with Crippen LogP contribution in [0.5, 0.6) is 5.88 Å². The quantitative estimate of drug-likeness (QED) is 0.781. The van der Waals surface area contributed by atoms with E-state index in [9.17, 15) is 4.79 Å². The lowest BCUT2D eigenvalue weighted by Gasteiger charge is -2.07. The minimum atomic E-state index is -1.25. The largest absolute Gasteiger partial charge is 0.478 e. The first-order chi connectivity index (χ1) is 11.7. The number of nitrogens with zero attached hydrogens (tertiary/aromatic N) is 3. The first-order valence-electron chi connectivity index (χ1n) is 8.31. The monoisotopic (exact) mass is 337 g/mol. The summed E-state index contributed by atoms with van der Waals surface area (Å²) in [6, 6.07) is 4.49. The highest BCUT2D eigenvalue weighted by molar-refractivity contribution is 6.32. The third-order valence-corrected chi connectivity index (χ3v) is 4.06. The number of hydrogen-bond donors (Lipinski definition) is 1. The first-order valence-corrected chi connectivity index (χ1v) is 7.68. The van der Waals surface area contributed by atoms with Gasteiger partial charge in [0, 0.05) is 15.0 Å². The number of hydrogen-bond acceptors (Lipinski definition) is 4. The van der Waals surface area contributed by atoms with Crippen molar-refractivity contribution in [2.75, 3.05) is 6.61 Å². The lowest BCUT2D eigenvalue weighted by atomic mass is 10.0. The topological polar surface area (TPSA) is 77.2 Å². The second-order valence-electron chi connectivity index (χ2n) is 5.75. The van der Waals surface area contributed by atoms with Crippen molar-refractivity contribution in [2.24, 2.45) is 5.41 Å². The molecule has 2 aromatic rings. The average Bonchev–Trinajstić information content (AvgIpc) is 3.13. The van der Waals surface area contributed by atoms with Crippen LogP contribution in [0.2, 0.25) is 5.15 Å². The third-order valence-electron chi connectivity index (χ3n) is 3.77. The van der Waals surface area contributed by atoms with Crippen LogP contribution in [0, 0.1) is 5.41 Å². The third kappa shape index (κ3) is 3.82. The van der Waals surface area contributed by atoms with Gasteiger partial charge in [-0.15, -0.1) is 5.10 Å². The summed E-state index contributed by atoms with van der Waals surface area (Å²) in [4.78, 5) is 15.0. The Labute approximate surface area is 141 Å². The zero-order chi connectivity index (χ0) is 18.2. The van der Waals surface area contributed by atoms with Gasteiger partial charge in [0.1, 0.15) is 5.15 Å². The van der Waals surface area contributed by atoms with E-state index in [1.165, 1.54) is 16.8 Å². The molecular formula is C16H18ClN3O3. The number of carbonyl (C=O) groups is 1. The summed E-state index contributed by atoms with van der Waals surface area (Å²) in [7, 11) is 0. The van der Waals surface area contributed by atoms with Crippen molar-refractivity contribution in [3.8, 4) is 11.7 Å². The van der Waals surface area contributed by atoms with Crippen molar-refractivity contribution in [3.63, 3.8) is 0 Å². The molecule has 1 fully saturated rings. The molecule has 7 heteroatoms. The van der Waals surface area contributed by atoms with Gasteiger partial charge in [-0.2, -0.15) is 0 Å².